The summed E-state index contributed by atoms with van der Waals surface area (Å²) in [7, 11) is 0. The zero-order chi connectivity index (χ0) is 12.8. The van der Waals surface area contributed by atoms with Gasteiger partial charge in [0.2, 0.25) is 0 Å². The summed E-state index contributed by atoms with van der Waals surface area (Å²) in [6.45, 7) is 0.0896. The van der Waals surface area contributed by atoms with E-state index in [9.17, 15) is 0 Å². The largest absolute Gasteiger partial charge is 0.457 e. The molecular formula is C13H15N3O2. The molecule has 0 bridgehead atoms. The number of anilines is 1. The molecule has 0 amide bonds. The van der Waals surface area contributed by atoms with E-state index >= 15 is 0 Å². The van der Waals surface area contributed by atoms with Crippen LogP contribution in [0.5, 0.6) is 11.5 Å². The number of aliphatic hydroxyl groups excluding tert-OH is 1. The van der Waals surface area contributed by atoms with Gasteiger partial charge in [0, 0.05) is 18.9 Å². The Hall–Kier alpha value is -2.11. The van der Waals surface area contributed by atoms with E-state index in [0.29, 0.717) is 18.0 Å². The third-order valence-electron chi connectivity index (χ3n) is 2.46. The Labute approximate surface area is 105 Å². The van der Waals surface area contributed by atoms with Crippen molar-refractivity contribution in [3.63, 3.8) is 0 Å². The number of para-hydroxylation sites is 1. The van der Waals surface area contributed by atoms with Gasteiger partial charge < -0.3 is 15.3 Å². The Kier molecular flexibility index (Phi) is 4.11. The minimum absolute atomic E-state index is 0.0896. The molecule has 0 fully saturated rings. The lowest BCUT2D eigenvalue weighted by Gasteiger charge is -2.10. The maximum atomic E-state index is 9.00. The number of nitrogens with zero attached hydrogens (tertiary/aromatic N) is 1. The van der Waals surface area contributed by atoms with Crippen LogP contribution >= 0.6 is 0 Å². The van der Waals surface area contributed by atoms with E-state index in [2.05, 4.69) is 10.4 Å². The average molecular weight is 245 g/mol. The molecule has 0 saturated heterocycles. The van der Waals surface area contributed by atoms with Crippen molar-refractivity contribution in [1.82, 2.24) is 4.98 Å². The van der Waals surface area contributed by atoms with Crippen LogP contribution in [0.4, 0.5) is 5.82 Å². The molecule has 0 spiro atoms. The summed E-state index contributed by atoms with van der Waals surface area (Å²) in [5.74, 6) is 7.19. The van der Waals surface area contributed by atoms with Crippen molar-refractivity contribution in [2.45, 2.75) is 6.42 Å². The highest BCUT2D eigenvalue weighted by Crippen LogP contribution is 2.26. The molecule has 18 heavy (non-hydrogen) atoms. The molecule has 4 N–H and O–H groups in total. The second-order valence-corrected chi connectivity index (χ2v) is 3.70. The fourth-order valence-electron chi connectivity index (χ4n) is 1.61. The van der Waals surface area contributed by atoms with E-state index in [1.165, 1.54) is 0 Å². The number of nitrogens with two attached hydrogens (primary N) is 1. The number of hydrogen-bond acceptors (Lipinski definition) is 5. The number of nitrogen functional groups attached to an aromatic ring is 1. The number of nitrogens with one attached hydrogen (secondary N) is 1. The van der Waals surface area contributed by atoms with Crippen molar-refractivity contribution in [2.75, 3.05) is 12.0 Å². The van der Waals surface area contributed by atoms with E-state index in [1.54, 1.807) is 18.3 Å². The summed E-state index contributed by atoms with van der Waals surface area (Å²) >= 11 is 0. The third-order valence-corrected chi connectivity index (χ3v) is 2.46. The number of ether oxygens (including phenoxy) is 1. The van der Waals surface area contributed by atoms with Gasteiger partial charge >= 0.3 is 0 Å². The lowest BCUT2D eigenvalue weighted by molar-refractivity contribution is 0.298. The van der Waals surface area contributed by atoms with E-state index < -0.39 is 0 Å². The number of rotatable bonds is 5. The van der Waals surface area contributed by atoms with Crippen molar-refractivity contribution in [3.05, 3.63) is 48.2 Å². The van der Waals surface area contributed by atoms with Gasteiger partial charge in [-0.05, 0) is 24.1 Å². The fourth-order valence-corrected chi connectivity index (χ4v) is 1.61. The van der Waals surface area contributed by atoms with Crippen LogP contribution in [0, 0.1) is 0 Å². The van der Waals surface area contributed by atoms with Crippen LogP contribution in [0.25, 0.3) is 0 Å². The molecule has 1 aromatic heterocycles. The molecule has 0 radical (unpaired) electrons. The third kappa shape index (κ3) is 2.97. The summed E-state index contributed by atoms with van der Waals surface area (Å²) in [6.07, 6.45) is 2.17. The summed E-state index contributed by atoms with van der Waals surface area (Å²) in [6, 6.07) is 11.0. The minimum Gasteiger partial charge on any atom is -0.457 e. The maximum absolute atomic E-state index is 9.00. The van der Waals surface area contributed by atoms with Gasteiger partial charge in [0.05, 0.1) is 0 Å². The average Bonchev–Trinajstić information content (AvgIpc) is 2.41. The summed E-state index contributed by atoms with van der Waals surface area (Å²) in [5.41, 5.74) is 3.42. The normalized spacial score (nSPS) is 10.1. The number of hydrogen-bond donors (Lipinski definition) is 3. The molecule has 1 heterocycles. The molecule has 0 saturated carbocycles. The first-order chi connectivity index (χ1) is 8.83. The van der Waals surface area contributed by atoms with E-state index in [1.807, 2.05) is 24.3 Å². The van der Waals surface area contributed by atoms with E-state index in [-0.39, 0.29) is 6.61 Å². The predicted molar refractivity (Wildman–Crippen MR) is 69.4 cm³/mol. The standard InChI is InChI=1S/C13H15N3O2/c14-16-13-9-11(5-7-15-13)18-12-4-2-1-3-10(12)6-8-17/h1-5,7,9,17H,6,8,14H2,(H,15,16). The molecule has 94 valence electrons. The number of pyridine rings is 1. The molecule has 0 atom stereocenters. The highest BCUT2D eigenvalue weighted by molar-refractivity contribution is 5.43. The second kappa shape index (κ2) is 6.00. The molecule has 0 aliphatic heterocycles. The van der Waals surface area contributed by atoms with Gasteiger partial charge in [0.25, 0.3) is 0 Å². The Morgan fingerprint density at radius 2 is 2.11 bits per heavy atom. The molecular weight excluding hydrogens is 230 g/mol. The Morgan fingerprint density at radius 1 is 1.28 bits per heavy atom. The first-order valence-corrected chi connectivity index (χ1v) is 5.63. The van der Waals surface area contributed by atoms with Gasteiger partial charge in [-0.2, -0.15) is 0 Å². The van der Waals surface area contributed by atoms with Crippen LogP contribution in [0.3, 0.4) is 0 Å². The van der Waals surface area contributed by atoms with Crippen molar-refractivity contribution >= 4 is 5.82 Å². The molecule has 2 aromatic rings. The van der Waals surface area contributed by atoms with Crippen LogP contribution < -0.4 is 16.0 Å². The number of aromatic nitrogens is 1. The smallest absolute Gasteiger partial charge is 0.143 e. The predicted octanol–water partition coefficient (Wildman–Crippen LogP) is 1.69. The van der Waals surface area contributed by atoms with Crippen molar-refractivity contribution in [3.8, 4) is 11.5 Å². The van der Waals surface area contributed by atoms with Gasteiger partial charge in [-0.15, -0.1) is 0 Å². The first kappa shape index (κ1) is 12.3. The number of aliphatic hydroxyl groups is 1. The van der Waals surface area contributed by atoms with Crippen LogP contribution in [-0.2, 0) is 6.42 Å². The topological polar surface area (TPSA) is 80.4 Å². The van der Waals surface area contributed by atoms with Crippen molar-refractivity contribution in [2.24, 2.45) is 5.84 Å². The summed E-state index contributed by atoms with van der Waals surface area (Å²) in [5, 5.41) is 9.00. The van der Waals surface area contributed by atoms with Crippen LogP contribution in [0.1, 0.15) is 5.56 Å². The molecule has 0 aliphatic carbocycles. The second-order valence-electron chi connectivity index (χ2n) is 3.70. The van der Waals surface area contributed by atoms with Gasteiger partial charge in [-0.1, -0.05) is 18.2 Å². The number of benzene rings is 1. The molecule has 0 unspecified atom stereocenters. The Balaban J connectivity index is 2.22. The van der Waals surface area contributed by atoms with Gasteiger partial charge in [0.15, 0.2) is 0 Å². The zero-order valence-electron chi connectivity index (χ0n) is 9.84. The summed E-state index contributed by atoms with van der Waals surface area (Å²) < 4.78 is 5.76. The van der Waals surface area contributed by atoms with Gasteiger partial charge in [-0.25, -0.2) is 10.8 Å². The van der Waals surface area contributed by atoms with E-state index in [0.717, 1.165) is 11.3 Å². The zero-order valence-corrected chi connectivity index (χ0v) is 9.84. The first-order valence-electron chi connectivity index (χ1n) is 5.63. The van der Waals surface area contributed by atoms with Gasteiger partial charge in [-0.3, -0.25) is 0 Å². The monoisotopic (exact) mass is 245 g/mol. The minimum atomic E-state index is 0.0896. The highest BCUT2D eigenvalue weighted by Gasteiger charge is 2.04. The lowest BCUT2D eigenvalue weighted by Crippen LogP contribution is -2.08. The van der Waals surface area contributed by atoms with Crippen LogP contribution in [0.15, 0.2) is 42.6 Å². The summed E-state index contributed by atoms with van der Waals surface area (Å²) in [4.78, 5) is 4.00. The SMILES string of the molecule is NNc1cc(Oc2ccccc2CCO)ccn1. The van der Waals surface area contributed by atoms with Crippen LogP contribution in [-0.4, -0.2) is 16.7 Å². The highest BCUT2D eigenvalue weighted by atomic mass is 16.5. The Morgan fingerprint density at radius 3 is 2.89 bits per heavy atom. The maximum Gasteiger partial charge on any atom is 0.143 e. The lowest BCUT2D eigenvalue weighted by atomic mass is 10.1. The molecule has 2 rings (SSSR count). The molecule has 1 aromatic carbocycles. The Bertz CT molecular complexity index is 517. The van der Waals surface area contributed by atoms with Crippen molar-refractivity contribution in [1.29, 1.82) is 0 Å². The van der Waals surface area contributed by atoms with E-state index in [4.69, 9.17) is 15.7 Å². The van der Waals surface area contributed by atoms with Gasteiger partial charge in [0.1, 0.15) is 17.3 Å². The quantitative estimate of drug-likeness (QED) is 0.552. The fraction of sp³-hybridized carbons (Fsp3) is 0.154. The molecule has 0 aliphatic rings. The number of hydrazine groups is 1. The molecule has 5 nitrogen and oxygen atoms in total. The van der Waals surface area contributed by atoms with Crippen LogP contribution in [0.2, 0.25) is 0 Å². The van der Waals surface area contributed by atoms with Crippen molar-refractivity contribution < 1.29 is 9.84 Å². The molecule has 5 heteroatoms.